The molecule has 1 unspecified atom stereocenters. The quantitative estimate of drug-likeness (QED) is 0.885. The molecule has 0 spiro atoms. The lowest BCUT2D eigenvalue weighted by Gasteiger charge is -2.26. The van der Waals surface area contributed by atoms with Gasteiger partial charge >= 0.3 is 5.97 Å². The van der Waals surface area contributed by atoms with Crippen molar-refractivity contribution in [2.45, 2.75) is 19.4 Å². The van der Waals surface area contributed by atoms with Crippen molar-refractivity contribution in [1.82, 2.24) is 4.90 Å². The van der Waals surface area contributed by atoms with Crippen LogP contribution in [0.4, 0.5) is 0 Å². The van der Waals surface area contributed by atoms with Crippen molar-refractivity contribution in [2.75, 3.05) is 14.2 Å². The van der Waals surface area contributed by atoms with Gasteiger partial charge in [0.1, 0.15) is 5.75 Å². The Labute approximate surface area is 141 Å². The fourth-order valence-electron chi connectivity index (χ4n) is 2.49. The Morgan fingerprint density at radius 2 is 1.67 bits per heavy atom. The van der Waals surface area contributed by atoms with Gasteiger partial charge in [-0.2, -0.15) is 0 Å². The molecule has 0 aliphatic carbocycles. The number of para-hydroxylation sites is 1. The van der Waals surface area contributed by atoms with E-state index < -0.39 is 5.97 Å². The van der Waals surface area contributed by atoms with E-state index in [9.17, 15) is 9.59 Å². The summed E-state index contributed by atoms with van der Waals surface area (Å²) in [6.07, 6.45) is 0.666. The highest BCUT2D eigenvalue weighted by atomic mass is 16.5. The number of rotatable bonds is 6. The molecule has 0 heterocycles. The molecule has 0 aromatic heterocycles. The molecule has 1 atom stereocenters. The summed E-state index contributed by atoms with van der Waals surface area (Å²) in [6, 6.07) is 13.7. The Balaban J connectivity index is 2.10. The van der Waals surface area contributed by atoms with E-state index in [2.05, 4.69) is 0 Å². The van der Waals surface area contributed by atoms with Crippen LogP contribution < -0.4 is 4.74 Å². The summed E-state index contributed by atoms with van der Waals surface area (Å²) in [6.45, 7) is 1.97. The lowest BCUT2D eigenvalue weighted by atomic mass is 10.0. The van der Waals surface area contributed by atoms with Crippen LogP contribution >= 0.6 is 0 Å². The zero-order chi connectivity index (χ0) is 17.7. The Kier molecular flexibility index (Phi) is 5.58. The van der Waals surface area contributed by atoms with Gasteiger partial charge in [0, 0.05) is 18.7 Å². The highest BCUT2D eigenvalue weighted by Gasteiger charge is 2.19. The minimum atomic E-state index is -1.01. The number of carboxylic acids is 1. The largest absolute Gasteiger partial charge is 0.496 e. The molecule has 0 aliphatic rings. The van der Waals surface area contributed by atoms with E-state index in [0.29, 0.717) is 12.0 Å². The van der Waals surface area contributed by atoms with Crippen LogP contribution in [0, 0.1) is 0 Å². The molecule has 1 N–H and O–H groups in total. The van der Waals surface area contributed by atoms with Gasteiger partial charge in [-0.15, -0.1) is 0 Å². The zero-order valence-electron chi connectivity index (χ0n) is 14.0. The summed E-state index contributed by atoms with van der Waals surface area (Å²) in [5.41, 5.74) is 1.67. The second-order valence-electron chi connectivity index (χ2n) is 5.66. The van der Waals surface area contributed by atoms with Crippen LogP contribution in [0.15, 0.2) is 48.5 Å². The van der Waals surface area contributed by atoms with Crippen LogP contribution in [-0.2, 0) is 6.42 Å². The van der Waals surface area contributed by atoms with Crippen LogP contribution in [-0.4, -0.2) is 42.1 Å². The van der Waals surface area contributed by atoms with Crippen molar-refractivity contribution in [2.24, 2.45) is 0 Å². The van der Waals surface area contributed by atoms with Crippen LogP contribution in [0.1, 0.15) is 33.2 Å². The normalized spacial score (nSPS) is 11.6. The molecule has 2 aromatic carbocycles. The highest BCUT2D eigenvalue weighted by Crippen LogP contribution is 2.21. The fraction of sp³-hybridized carbons (Fsp3) is 0.263. The Bertz CT molecular complexity index is 724. The molecule has 0 radical (unpaired) electrons. The maximum atomic E-state index is 12.6. The fourth-order valence-corrected chi connectivity index (χ4v) is 2.49. The van der Waals surface area contributed by atoms with Gasteiger partial charge in [0.15, 0.2) is 0 Å². The second-order valence-corrected chi connectivity index (χ2v) is 5.66. The second kappa shape index (κ2) is 7.64. The molecule has 0 bridgehead atoms. The number of amides is 1. The Morgan fingerprint density at radius 1 is 1.08 bits per heavy atom. The number of methoxy groups -OCH3 is 1. The lowest BCUT2D eigenvalue weighted by molar-refractivity contribution is 0.0693. The maximum Gasteiger partial charge on any atom is 0.335 e. The maximum absolute atomic E-state index is 12.6. The number of benzene rings is 2. The topological polar surface area (TPSA) is 66.8 Å². The number of hydrogen-bond acceptors (Lipinski definition) is 3. The van der Waals surface area contributed by atoms with Crippen molar-refractivity contribution in [3.8, 4) is 5.75 Å². The minimum Gasteiger partial charge on any atom is -0.496 e. The van der Waals surface area contributed by atoms with E-state index in [1.54, 1.807) is 19.1 Å². The van der Waals surface area contributed by atoms with E-state index in [1.165, 1.54) is 24.3 Å². The monoisotopic (exact) mass is 327 g/mol. The number of carbonyl (C=O) groups is 2. The first kappa shape index (κ1) is 17.5. The van der Waals surface area contributed by atoms with Crippen LogP contribution in [0.2, 0.25) is 0 Å². The molecule has 2 aromatic rings. The van der Waals surface area contributed by atoms with Gasteiger partial charge in [0.05, 0.1) is 12.7 Å². The highest BCUT2D eigenvalue weighted by molar-refractivity contribution is 5.95. The summed E-state index contributed by atoms with van der Waals surface area (Å²) in [7, 11) is 3.37. The number of carbonyl (C=O) groups excluding carboxylic acids is 1. The molecular weight excluding hydrogens is 306 g/mol. The molecular formula is C19H21NO4. The Hall–Kier alpha value is -2.82. The van der Waals surface area contributed by atoms with E-state index in [1.807, 2.05) is 31.2 Å². The van der Waals surface area contributed by atoms with E-state index in [0.717, 1.165) is 11.3 Å². The van der Waals surface area contributed by atoms with Gasteiger partial charge in [0.25, 0.3) is 5.91 Å². The van der Waals surface area contributed by atoms with Crippen LogP contribution in [0.3, 0.4) is 0 Å². The van der Waals surface area contributed by atoms with Gasteiger partial charge in [-0.3, -0.25) is 4.79 Å². The summed E-state index contributed by atoms with van der Waals surface area (Å²) >= 11 is 0. The minimum absolute atomic E-state index is 0.0343. The molecule has 0 saturated heterocycles. The van der Waals surface area contributed by atoms with E-state index in [-0.39, 0.29) is 17.5 Å². The van der Waals surface area contributed by atoms with Crippen LogP contribution in [0.5, 0.6) is 5.75 Å². The molecule has 0 aliphatic heterocycles. The summed E-state index contributed by atoms with van der Waals surface area (Å²) in [4.78, 5) is 25.1. The number of likely N-dealkylation sites (N-methyl/N-ethyl adjacent to an activating group) is 1. The SMILES string of the molecule is COc1ccccc1CC(C)N(C)C(=O)c1ccc(C(=O)O)cc1. The van der Waals surface area contributed by atoms with Gasteiger partial charge in [0.2, 0.25) is 0 Å². The smallest absolute Gasteiger partial charge is 0.335 e. The van der Waals surface area contributed by atoms with Crippen molar-refractivity contribution in [3.63, 3.8) is 0 Å². The predicted octanol–water partition coefficient (Wildman–Crippen LogP) is 3.10. The van der Waals surface area contributed by atoms with Crippen LogP contribution in [0.25, 0.3) is 0 Å². The lowest BCUT2D eigenvalue weighted by Crippen LogP contribution is -2.36. The van der Waals surface area contributed by atoms with E-state index >= 15 is 0 Å². The Morgan fingerprint density at radius 3 is 2.25 bits per heavy atom. The van der Waals surface area contributed by atoms with Crippen molar-refractivity contribution < 1.29 is 19.4 Å². The molecule has 5 heteroatoms. The summed E-state index contributed by atoms with van der Waals surface area (Å²) in [5.74, 6) is -0.350. The summed E-state index contributed by atoms with van der Waals surface area (Å²) in [5, 5.41) is 8.92. The third-order valence-corrected chi connectivity index (χ3v) is 4.07. The number of nitrogens with zero attached hydrogens (tertiary/aromatic N) is 1. The van der Waals surface area contributed by atoms with Crippen molar-refractivity contribution in [3.05, 3.63) is 65.2 Å². The molecule has 5 nitrogen and oxygen atoms in total. The molecule has 2 rings (SSSR count). The first-order valence-electron chi connectivity index (χ1n) is 7.66. The van der Waals surface area contributed by atoms with E-state index in [4.69, 9.17) is 9.84 Å². The molecule has 1 amide bonds. The number of carboxylic acid groups (broad SMARTS) is 1. The van der Waals surface area contributed by atoms with Crippen molar-refractivity contribution in [1.29, 1.82) is 0 Å². The number of aromatic carboxylic acids is 1. The molecule has 0 saturated carbocycles. The van der Waals surface area contributed by atoms with Gasteiger partial charge in [-0.1, -0.05) is 18.2 Å². The van der Waals surface area contributed by atoms with Gasteiger partial charge < -0.3 is 14.7 Å². The molecule has 24 heavy (non-hydrogen) atoms. The zero-order valence-corrected chi connectivity index (χ0v) is 14.0. The first-order valence-corrected chi connectivity index (χ1v) is 7.66. The molecule has 126 valence electrons. The van der Waals surface area contributed by atoms with Gasteiger partial charge in [-0.25, -0.2) is 4.79 Å². The van der Waals surface area contributed by atoms with Gasteiger partial charge in [-0.05, 0) is 49.2 Å². The van der Waals surface area contributed by atoms with Crippen molar-refractivity contribution >= 4 is 11.9 Å². The third kappa shape index (κ3) is 3.93. The first-order chi connectivity index (χ1) is 11.4. The third-order valence-electron chi connectivity index (χ3n) is 4.07. The molecule has 0 fully saturated rings. The number of hydrogen-bond donors (Lipinski definition) is 1. The predicted molar refractivity (Wildman–Crippen MR) is 91.7 cm³/mol. The number of ether oxygens (including phenoxy) is 1. The average Bonchev–Trinajstić information content (AvgIpc) is 2.60. The average molecular weight is 327 g/mol. The standard InChI is InChI=1S/C19H21NO4/c1-13(12-16-6-4-5-7-17(16)24-3)20(2)18(21)14-8-10-15(11-9-14)19(22)23/h4-11,13H,12H2,1-3H3,(H,22,23). The summed E-state index contributed by atoms with van der Waals surface area (Å²) < 4.78 is 5.35.